The standard InChI is InChI=1S/C15H19Cl2N3/c1-10(11-4-2-3-5-13(11)17)20-15-9-19-7-6-12(15)14(18)8-16/h2-5,10,19H,6-9,18H2,1H3/b14-12-,20-15?. The molecule has 3 N–H and O–H groups in total. The highest BCUT2D eigenvalue weighted by molar-refractivity contribution is 6.31. The number of hydrogen-bond donors (Lipinski definition) is 2. The Labute approximate surface area is 129 Å². The van der Waals surface area contributed by atoms with Crippen molar-refractivity contribution in [1.29, 1.82) is 0 Å². The van der Waals surface area contributed by atoms with Gasteiger partial charge < -0.3 is 11.1 Å². The van der Waals surface area contributed by atoms with Gasteiger partial charge in [-0.1, -0.05) is 29.8 Å². The highest BCUT2D eigenvalue weighted by atomic mass is 35.5. The number of benzene rings is 1. The minimum Gasteiger partial charge on any atom is -0.401 e. The number of rotatable bonds is 3. The average molecular weight is 312 g/mol. The van der Waals surface area contributed by atoms with E-state index in [1.165, 1.54) is 0 Å². The molecule has 1 saturated heterocycles. The van der Waals surface area contributed by atoms with Gasteiger partial charge in [-0.25, -0.2) is 0 Å². The Morgan fingerprint density at radius 3 is 2.90 bits per heavy atom. The molecule has 2 rings (SSSR count). The van der Waals surface area contributed by atoms with E-state index in [2.05, 4.69) is 5.32 Å². The lowest BCUT2D eigenvalue weighted by Gasteiger charge is -2.22. The molecule has 5 heteroatoms. The fraction of sp³-hybridized carbons (Fsp3) is 0.400. The van der Waals surface area contributed by atoms with E-state index in [0.717, 1.165) is 47.1 Å². The van der Waals surface area contributed by atoms with Crippen LogP contribution in [0.25, 0.3) is 0 Å². The summed E-state index contributed by atoms with van der Waals surface area (Å²) >= 11 is 12.1. The molecular weight excluding hydrogens is 293 g/mol. The Bertz CT molecular complexity index is 538. The molecule has 0 spiro atoms. The average Bonchev–Trinajstić information content (AvgIpc) is 2.47. The molecular formula is C15H19Cl2N3. The van der Waals surface area contributed by atoms with Crippen molar-refractivity contribution < 1.29 is 0 Å². The topological polar surface area (TPSA) is 50.4 Å². The number of allylic oxidation sites excluding steroid dienone is 1. The number of nitrogens with zero attached hydrogens (tertiary/aromatic N) is 1. The fourth-order valence-electron chi connectivity index (χ4n) is 2.34. The summed E-state index contributed by atoms with van der Waals surface area (Å²) in [5, 5.41) is 4.06. The molecule has 1 aromatic carbocycles. The van der Waals surface area contributed by atoms with Crippen molar-refractivity contribution in [2.75, 3.05) is 19.0 Å². The largest absolute Gasteiger partial charge is 0.401 e. The molecule has 3 nitrogen and oxygen atoms in total. The quantitative estimate of drug-likeness (QED) is 0.842. The molecule has 108 valence electrons. The third kappa shape index (κ3) is 3.54. The van der Waals surface area contributed by atoms with Gasteiger partial charge in [0.2, 0.25) is 0 Å². The summed E-state index contributed by atoms with van der Waals surface area (Å²) in [5.41, 5.74) is 9.81. The lowest BCUT2D eigenvalue weighted by molar-refractivity contribution is 0.712. The van der Waals surface area contributed by atoms with Gasteiger partial charge in [0, 0.05) is 17.3 Å². The first-order valence-electron chi connectivity index (χ1n) is 6.69. The van der Waals surface area contributed by atoms with Crippen LogP contribution in [-0.2, 0) is 0 Å². The van der Waals surface area contributed by atoms with Gasteiger partial charge in [0.1, 0.15) is 0 Å². The van der Waals surface area contributed by atoms with Crippen LogP contribution in [0, 0.1) is 0 Å². The van der Waals surface area contributed by atoms with Gasteiger partial charge in [-0.3, -0.25) is 4.99 Å². The molecule has 1 atom stereocenters. The van der Waals surface area contributed by atoms with Crippen LogP contribution in [0.15, 0.2) is 40.5 Å². The molecule has 0 bridgehead atoms. The summed E-state index contributed by atoms with van der Waals surface area (Å²) in [5.74, 6) is 0.342. The summed E-state index contributed by atoms with van der Waals surface area (Å²) in [6.45, 7) is 3.67. The smallest absolute Gasteiger partial charge is 0.0739 e. The lowest BCUT2D eigenvalue weighted by Crippen LogP contribution is -2.34. The third-order valence-electron chi connectivity index (χ3n) is 3.43. The molecule has 1 fully saturated rings. The maximum atomic E-state index is 6.22. The molecule has 1 heterocycles. The molecule has 0 amide bonds. The fourth-order valence-corrected chi connectivity index (χ4v) is 2.79. The second-order valence-electron chi connectivity index (χ2n) is 4.84. The van der Waals surface area contributed by atoms with Gasteiger partial charge in [0.25, 0.3) is 0 Å². The first-order valence-corrected chi connectivity index (χ1v) is 7.60. The maximum absolute atomic E-state index is 6.22. The monoisotopic (exact) mass is 311 g/mol. The molecule has 1 aromatic rings. The van der Waals surface area contributed by atoms with E-state index in [4.69, 9.17) is 33.9 Å². The van der Waals surface area contributed by atoms with E-state index in [1.807, 2.05) is 31.2 Å². The zero-order valence-corrected chi connectivity index (χ0v) is 13.0. The van der Waals surface area contributed by atoms with E-state index in [9.17, 15) is 0 Å². The van der Waals surface area contributed by atoms with Crippen LogP contribution in [-0.4, -0.2) is 24.7 Å². The number of piperidine rings is 1. The number of nitrogens with two attached hydrogens (primary N) is 1. The van der Waals surface area contributed by atoms with E-state index in [-0.39, 0.29) is 6.04 Å². The van der Waals surface area contributed by atoms with Gasteiger partial charge >= 0.3 is 0 Å². The van der Waals surface area contributed by atoms with Crippen LogP contribution in [0.4, 0.5) is 0 Å². The highest BCUT2D eigenvalue weighted by Crippen LogP contribution is 2.26. The molecule has 20 heavy (non-hydrogen) atoms. The van der Waals surface area contributed by atoms with Crippen LogP contribution < -0.4 is 11.1 Å². The van der Waals surface area contributed by atoms with Crippen molar-refractivity contribution in [2.24, 2.45) is 10.7 Å². The van der Waals surface area contributed by atoms with Gasteiger partial charge in [-0.15, -0.1) is 11.6 Å². The van der Waals surface area contributed by atoms with Gasteiger partial charge in [-0.05, 0) is 37.1 Å². The lowest BCUT2D eigenvalue weighted by atomic mass is 10.0. The van der Waals surface area contributed by atoms with Gasteiger partial charge in [0.05, 0.1) is 17.6 Å². The van der Waals surface area contributed by atoms with E-state index < -0.39 is 0 Å². The van der Waals surface area contributed by atoms with Crippen molar-refractivity contribution in [3.63, 3.8) is 0 Å². The zero-order valence-electron chi connectivity index (χ0n) is 11.5. The Morgan fingerprint density at radius 2 is 2.20 bits per heavy atom. The second kappa shape index (κ2) is 7.11. The highest BCUT2D eigenvalue weighted by Gasteiger charge is 2.17. The maximum Gasteiger partial charge on any atom is 0.0739 e. The second-order valence-corrected chi connectivity index (χ2v) is 5.51. The zero-order chi connectivity index (χ0) is 14.5. The molecule has 0 radical (unpaired) electrons. The predicted molar refractivity (Wildman–Crippen MR) is 86.7 cm³/mol. The number of nitrogens with one attached hydrogen (secondary N) is 1. The van der Waals surface area contributed by atoms with E-state index >= 15 is 0 Å². The third-order valence-corrected chi connectivity index (χ3v) is 4.06. The number of halogens is 2. The van der Waals surface area contributed by atoms with Gasteiger partial charge in [-0.2, -0.15) is 0 Å². The van der Waals surface area contributed by atoms with Crippen LogP contribution in [0.1, 0.15) is 24.9 Å². The molecule has 0 aromatic heterocycles. The first-order chi connectivity index (χ1) is 9.63. The Morgan fingerprint density at radius 1 is 1.45 bits per heavy atom. The summed E-state index contributed by atoms with van der Waals surface area (Å²) in [4.78, 5) is 4.79. The summed E-state index contributed by atoms with van der Waals surface area (Å²) in [7, 11) is 0. The van der Waals surface area contributed by atoms with Crippen molar-refractivity contribution in [2.45, 2.75) is 19.4 Å². The van der Waals surface area contributed by atoms with Crippen LogP contribution in [0.2, 0.25) is 5.02 Å². The SMILES string of the molecule is CC(N=C1CNCC/C1=C(/N)CCl)c1ccccc1Cl. The minimum absolute atomic E-state index is 0.00303. The van der Waals surface area contributed by atoms with Gasteiger partial charge in [0.15, 0.2) is 0 Å². The van der Waals surface area contributed by atoms with E-state index in [1.54, 1.807) is 0 Å². The van der Waals surface area contributed by atoms with Crippen LogP contribution in [0.5, 0.6) is 0 Å². The number of alkyl halides is 1. The molecule has 0 aliphatic carbocycles. The predicted octanol–water partition coefficient (Wildman–Crippen LogP) is 3.29. The van der Waals surface area contributed by atoms with E-state index in [0.29, 0.717) is 5.88 Å². The molecule has 1 aliphatic heterocycles. The summed E-state index contributed by atoms with van der Waals surface area (Å²) in [6, 6.07) is 7.78. The minimum atomic E-state index is -0.00303. The first kappa shape index (κ1) is 15.4. The molecule has 0 saturated carbocycles. The van der Waals surface area contributed by atoms with Crippen LogP contribution >= 0.6 is 23.2 Å². The van der Waals surface area contributed by atoms with Crippen molar-refractivity contribution >= 4 is 28.9 Å². The van der Waals surface area contributed by atoms with Crippen molar-refractivity contribution in [3.05, 3.63) is 46.1 Å². The molecule has 1 unspecified atom stereocenters. The summed E-state index contributed by atoms with van der Waals surface area (Å²) < 4.78 is 0. The van der Waals surface area contributed by atoms with Crippen molar-refractivity contribution in [1.82, 2.24) is 5.32 Å². The van der Waals surface area contributed by atoms with Crippen molar-refractivity contribution in [3.8, 4) is 0 Å². The Balaban J connectivity index is 2.30. The Kier molecular flexibility index (Phi) is 5.46. The normalized spacial score (nSPS) is 21.9. The number of hydrogen-bond acceptors (Lipinski definition) is 3. The molecule has 1 aliphatic rings. The summed E-state index contributed by atoms with van der Waals surface area (Å²) in [6.07, 6.45) is 0.868. The Hall–Kier alpha value is -1.03. The van der Waals surface area contributed by atoms with Crippen LogP contribution in [0.3, 0.4) is 0 Å². The number of aliphatic imine (C=N–C) groups is 1.